The van der Waals surface area contributed by atoms with Gasteiger partial charge in [-0.3, -0.25) is 52.7 Å². The Balaban J connectivity index is 0.0000101. The summed E-state index contributed by atoms with van der Waals surface area (Å²) in [4.78, 5) is 165. The molecule has 13 atom stereocenters. The van der Waals surface area contributed by atoms with E-state index in [1.54, 1.807) is 61.5 Å². The van der Waals surface area contributed by atoms with Crippen LogP contribution in [-0.4, -0.2) is 179 Å². The van der Waals surface area contributed by atoms with Gasteiger partial charge in [0, 0.05) is 91.1 Å². The first-order valence-corrected chi connectivity index (χ1v) is 35.7. The molecule has 1 fully saturated rings. The molecule has 0 saturated carbocycles. The van der Waals surface area contributed by atoms with E-state index < -0.39 is 161 Å². The number of aliphatic hydroxyl groups is 1. The van der Waals surface area contributed by atoms with E-state index >= 15 is 0 Å². The number of unbranched alkanes of at least 4 members (excludes halogenated alkanes) is 3. The van der Waals surface area contributed by atoms with Crippen molar-refractivity contribution in [3.63, 3.8) is 0 Å². The zero-order valence-corrected chi connectivity index (χ0v) is 62.8. The summed E-state index contributed by atoms with van der Waals surface area (Å²) in [6, 6.07) is -6.63. The minimum absolute atomic E-state index is 0.0804. The molecule has 20 heteroatoms. The SMILES string of the molecule is C/C=C/C[C@@H](C)[C@@H](O)[C@@H]1CC(=O)[C@H](C(C)C)N(C)C(=O)[C@H](CC(C)C)CC(=O)[C@H](CC(C)C)N(C)C(=O)[C@@H](C)NC(=O)[C@H](C)CC(=O)[C@H](CC(C)C)N(C)C(=O)[C@H](C(C)C)CC(=O)[C@H]([C@@H](C)OCCCCN)N(C)C(=O)CCC(=O)[C@H](CC)NC1=O.CCCCCC(C)C. The van der Waals surface area contributed by atoms with Gasteiger partial charge in [-0.05, 0) is 114 Å². The molecule has 0 aliphatic carbocycles. The number of hydrogen-bond donors (Lipinski definition) is 4. The molecule has 0 aromatic carbocycles. The minimum atomic E-state index is -1.38. The van der Waals surface area contributed by atoms with Crippen LogP contribution in [0.3, 0.4) is 0 Å². The quantitative estimate of drug-likeness (QED) is 0.0547. The Hall–Kier alpha value is -5.21. The molecule has 0 aromatic rings. The van der Waals surface area contributed by atoms with Crippen LogP contribution in [0, 0.1) is 65.1 Å². The van der Waals surface area contributed by atoms with Crippen LogP contribution in [0.15, 0.2) is 12.2 Å². The number of nitrogens with zero attached hydrogens (tertiary/aromatic N) is 4. The molecule has 94 heavy (non-hydrogen) atoms. The number of ketones is 5. The molecule has 6 amide bonds. The molecule has 0 aromatic heterocycles. The molecule has 1 rings (SSSR count). The third kappa shape index (κ3) is 30.5. The highest BCUT2D eigenvalue weighted by atomic mass is 16.5. The van der Waals surface area contributed by atoms with Gasteiger partial charge in [-0.25, -0.2) is 0 Å². The van der Waals surface area contributed by atoms with Gasteiger partial charge in [0.1, 0.15) is 12.1 Å². The summed E-state index contributed by atoms with van der Waals surface area (Å²) in [7, 11) is 5.91. The van der Waals surface area contributed by atoms with Gasteiger partial charge in [0.2, 0.25) is 35.4 Å². The molecule has 542 valence electrons. The lowest BCUT2D eigenvalue weighted by Crippen LogP contribution is -2.53. The van der Waals surface area contributed by atoms with Crippen molar-refractivity contribution in [2.75, 3.05) is 41.3 Å². The Kier molecular flexibility index (Phi) is 42.8. The molecule has 0 bridgehead atoms. The van der Waals surface area contributed by atoms with Crippen molar-refractivity contribution in [1.29, 1.82) is 0 Å². The highest BCUT2D eigenvalue weighted by Crippen LogP contribution is 2.30. The molecule has 20 nitrogen and oxygen atoms in total. The van der Waals surface area contributed by atoms with Crippen molar-refractivity contribution in [2.45, 2.75) is 289 Å². The van der Waals surface area contributed by atoms with Crippen molar-refractivity contribution >= 4 is 64.4 Å². The van der Waals surface area contributed by atoms with E-state index in [2.05, 4.69) is 31.4 Å². The number of nitrogens with one attached hydrogen (secondary N) is 2. The van der Waals surface area contributed by atoms with E-state index in [4.69, 9.17) is 10.5 Å². The van der Waals surface area contributed by atoms with Crippen LogP contribution in [0.1, 0.15) is 241 Å². The number of Topliss-reactive ketones (excluding diaryl/α,β-unsaturated/α-hetero) is 5. The normalized spacial score (nSPS) is 25.7. The Morgan fingerprint density at radius 2 is 1.09 bits per heavy atom. The number of carbonyl (C=O) groups is 11. The maximum Gasteiger partial charge on any atom is 0.245 e. The second kappa shape index (κ2) is 45.3. The Morgan fingerprint density at radius 1 is 0.553 bits per heavy atom. The molecule has 1 aliphatic rings. The highest BCUT2D eigenvalue weighted by Gasteiger charge is 2.43. The second-order valence-electron chi connectivity index (χ2n) is 29.5. The van der Waals surface area contributed by atoms with Crippen molar-refractivity contribution in [2.24, 2.45) is 70.8 Å². The third-order valence-electron chi connectivity index (χ3n) is 18.4. The van der Waals surface area contributed by atoms with Crippen molar-refractivity contribution in [1.82, 2.24) is 30.2 Å². The predicted molar refractivity (Wildman–Crippen MR) is 374 cm³/mol. The van der Waals surface area contributed by atoms with Gasteiger partial charge in [0.05, 0.1) is 42.3 Å². The van der Waals surface area contributed by atoms with E-state index in [9.17, 15) is 57.8 Å². The van der Waals surface area contributed by atoms with E-state index in [1.165, 1.54) is 80.4 Å². The molecule has 1 saturated heterocycles. The van der Waals surface area contributed by atoms with Gasteiger partial charge in [-0.15, -0.1) is 0 Å². The zero-order valence-electron chi connectivity index (χ0n) is 62.8. The number of allylic oxidation sites excluding steroid dienone is 2. The standard InChI is InChI=1S/C66H115N7O13.C8H18/c1-21-23-26-43(13)61(80)49-37-56(77)59(42(11)12)73(20)65(84)47(31-38(3)4)35-55(76)52(33-40(7)8)70(17)64(83)45(15)68-62(81)44(14)34-54(75)51(32-39(5)6)71(18)66(85)48(41(9)10)36-57(78)60(46(16)86-30-25-24-29-67)72(19)58(79)28-27-53(74)50(22-2)69-63(49)82;1-4-5-6-7-8(2)3/h21,23,38-52,59-61,80H,22,24-37,67H2,1-20H3,(H,68,81)(H,69,82);8H,4-7H2,1-3H3/b23-21+;/t43-,44-,45-,46-,47-,48+,49+,50+,51+,52+,59+,60+,61-;/m1./s1. The molecule has 5 N–H and O–H groups in total. The fraction of sp³-hybridized carbons (Fsp3) is 0.824. The summed E-state index contributed by atoms with van der Waals surface area (Å²) in [6.07, 6.45) is 7.24. The molecule has 1 aliphatic heterocycles. The third-order valence-corrected chi connectivity index (χ3v) is 18.4. The first-order chi connectivity index (χ1) is 43.8. The topological polar surface area (TPSA) is 280 Å². The van der Waals surface area contributed by atoms with Gasteiger partial charge in [-0.2, -0.15) is 0 Å². The predicted octanol–water partition coefficient (Wildman–Crippen LogP) is 10.2. The van der Waals surface area contributed by atoms with Gasteiger partial charge in [-0.1, -0.05) is 149 Å². The van der Waals surface area contributed by atoms with Gasteiger partial charge in [0.25, 0.3) is 0 Å². The van der Waals surface area contributed by atoms with E-state index in [0.29, 0.717) is 25.8 Å². The van der Waals surface area contributed by atoms with Crippen LogP contribution in [-0.2, 0) is 57.5 Å². The van der Waals surface area contributed by atoms with Crippen LogP contribution >= 0.6 is 0 Å². The van der Waals surface area contributed by atoms with Crippen molar-refractivity contribution < 1.29 is 62.6 Å². The first-order valence-electron chi connectivity index (χ1n) is 35.7. The minimum Gasteiger partial charge on any atom is -0.392 e. The lowest BCUT2D eigenvalue weighted by Gasteiger charge is -2.36. The van der Waals surface area contributed by atoms with Crippen molar-refractivity contribution in [3.8, 4) is 0 Å². The van der Waals surface area contributed by atoms with Crippen LogP contribution in [0.2, 0.25) is 0 Å². The van der Waals surface area contributed by atoms with Crippen LogP contribution < -0.4 is 16.4 Å². The van der Waals surface area contributed by atoms with Crippen LogP contribution in [0.4, 0.5) is 0 Å². The number of rotatable bonds is 23. The number of nitrogens with two attached hydrogens (primary N) is 1. The molecular weight excluding hydrogens is 1190 g/mol. The number of ether oxygens (including phenoxy) is 1. The molecule has 1 heterocycles. The fourth-order valence-corrected chi connectivity index (χ4v) is 12.6. The van der Waals surface area contributed by atoms with Gasteiger partial charge >= 0.3 is 0 Å². The highest BCUT2D eigenvalue weighted by molar-refractivity contribution is 5.99. The summed E-state index contributed by atoms with van der Waals surface area (Å²) in [5, 5.41) is 17.5. The number of carbonyl (C=O) groups excluding carboxylic acids is 11. The maximum atomic E-state index is 14.9. The van der Waals surface area contributed by atoms with Gasteiger partial charge < -0.3 is 45.8 Å². The number of amides is 6. The average Bonchev–Trinajstić information content (AvgIpc) is 0.837. The number of hydrogen-bond acceptors (Lipinski definition) is 14. The van der Waals surface area contributed by atoms with E-state index in [1.807, 2.05) is 54.5 Å². The maximum absolute atomic E-state index is 14.9. The summed E-state index contributed by atoms with van der Waals surface area (Å²) >= 11 is 0. The fourth-order valence-electron chi connectivity index (χ4n) is 12.6. The Labute approximate surface area is 568 Å². The molecule has 0 unspecified atom stereocenters. The van der Waals surface area contributed by atoms with Crippen LogP contribution in [0.5, 0.6) is 0 Å². The summed E-state index contributed by atoms with van der Waals surface area (Å²) in [5.74, 6) is -10.9. The summed E-state index contributed by atoms with van der Waals surface area (Å²) < 4.78 is 6.15. The summed E-state index contributed by atoms with van der Waals surface area (Å²) in [6.45, 7) is 35.9. The Morgan fingerprint density at radius 3 is 1.57 bits per heavy atom. The first kappa shape index (κ1) is 88.8. The van der Waals surface area contributed by atoms with E-state index in [-0.39, 0.29) is 82.1 Å². The Bertz CT molecular complexity index is 2410. The summed E-state index contributed by atoms with van der Waals surface area (Å²) in [5.41, 5.74) is 5.74. The van der Waals surface area contributed by atoms with E-state index in [0.717, 1.165) is 5.92 Å². The number of aliphatic hydroxyl groups excluding tert-OH is 1. The largest absolute Gasteiger partial charge is 0.392 e. The molecular formula is C74H133N7O13. The van der Waals surface area contributed by atoms with Gasteiger partial charge in [0.15, 0.2) is 28.9 Å². The second-order valence-corrected chi connectivity index (χ2v) is 29.5. The average molecular weight is 1330 g/mol. The van der Waals surface area contributed by atoms with Crippen LogP contribution in [0.25, 0.3) is 0 Å². The lowest BCUT2D eigenvalue weighted by atomic mass is 9.82. The molecule has 0 spiro atoms. The zero-order chi connectivity index (χ0) is 72.6. The molecule has 0 radical (unpaired) electrons. The smallest absolute Gasteiger partial charge is 0.245 e. The number of likely N-dealkylation sites (N-methyl/N-ethyl adjacent to an activating group) is 4. The van der Waals surface area contributed by atoms with Crippen molar-refractivity contribution in [3.05, 3.63) is 12.2 Å². The monoisotopic (exact) mass is 1330 g/mol. The lowest BCUT2D eigenvalue weighted by molar-refractivity contribution is -0.148.